The monoisotopic (exact) mass is 286 g/mol. The molecule has 1 unspecified atom stereocenters. The van der Waals surface area contributed by atoms with Crippen LogP contribution in [-0.4, -0.2) is 51.5 Å². The summed E-state index contributed by atoms with van der Waals surface area (Å²) in [5.74, 6) is 0.0405. The topological polar surface area (TPSA) is 59.6 Å². The van der Waals surface area contributed by atoms with Gasteiger partial charge in [-0.15, -0.1) is 0 Å². The minimum absolute atomic E-state index is 0.0405. The highest BCUT2D eigenvalue weighted by atomic mass is 16.5. The van der Waals surface area contributed by atoms with Crippen molar-refractivity contribution in [2.24, 2.45) is 0 Å². The second-order valence-electron chi connectivity index (χ2n) is 5.44. The third-order valence-electron chi connectivity index (χ3n) is 3.68. The van der Waals surface area contributed by atoms with Crippen molar-refractivity contribution in [3.63, 3.8) is 0 Å². The third-order valence-corrected chi connectivity index (χ3v) is 3.68. The van der Waals surface area contributed by atoms with Crippen LogP contribution < -0.4 is 10.6 Å². The summed E-state index contributed by atoms with van der Waals surface area (Å²) >= 11 is 0. The standard InChI is InChI=1S/C15H30N2O3/c1-13(15(18)17-9-6-11-19-2)16-10-12-20-14-7-4-3-5-8-14/h13-14,16H,3-12H2,1-2H3,(H,17,18). The van der Waals surface area contributed by atoms with Gasteiger partial charge in [-0.1, -0.05) is 19.3 Å². The first kappa shape index (κ1) is 17.4. The van der Waals surface area contributed by atoms with E-state index in [0.29, 0.717) is 25.9 Å². The summed E-state index contributed by atoms with van der Waals surface area (Å²) in [6, 6.07) is -0.174. The van der Waals surface area contributed by atoms with Crippen LogP contribution in [0.2, 0.25) is 0 Å². The Hall–Kier alpha value is -0.650. The van der Waals surface area contributed by atoms with Gasteiger partial charge in [0.25, 0.3) is 0 Å². The molecule has 1 saturated carbocycles. The van der Waals surface area contributed by atoms with Crippen LogP contribution in [0.4, 0.5) is 0 Å². The van der Waals surface area contributed by atoms with E-state index in [9.17, 15) is 4.79 Å². The molecule has 0 spiro atoms. The Balaban J connectivity index is 1.98. The number of hydrogen-bond acceptors (Lipinski definition) is 4. The molecule has 0 radical (unpaired) electrons. The van der Waals surface area contributed by atoms with E-state index < -0.39 is 0 Å². The summed E-state index contributed by atoms with van der Waals surface area (Å²) in [5, 5.41) is 6.08. The Morgan fingerprint density at radius 3 is 2.65 bits per heavy atom. The van der Waals surface area contributed by atoms with E-state index in [1.807, 2.05) is 6.92 Å². The van der Waals surface area contributed by atoms with Crippen molar-refractivity contribution in [3.8, 4) is 0 Å². The first-order valence-electron chi connectivity index (χ1n) is 7.85. The fourth-order valence-corrected chi connectivity index (χ4v) is 2.41. The van der Waals surface area contributed by atoms with E-state index in [2.05, 4.69) is 10.6 Å². The van der Waals surface area contributed by atoms with Gasteiger partial charge in [-0.3, -0.25) is 4.79 Å². The normalized spacial score (nSPS) is 17.9. The molecule has 118 valence electrons. The van der Waals surface area contributed by atoms with Crippen molar-refractivity contribution < 1.29 is 14.3 Å². The highest BCUT2D eigenvalue weighted by molar-refractivity contribution is 5.81. The molecule has 20 heavy (non-hydrogen) atoms. The number of rotatable bonds is 10. The van der Waals surface area contributed by atoms with Gasteiger partial charge >= 0.3 is 0 Å². The molecule has 1 aliphatic rings. The van der Waals surface area contributed by atoms with E-state index >= 15 is 0 Å². The summed E-state index contributed by atoms with van der Waals surface area (Å²) < 4.78 is 10.8. The molecule has 1 rings (SSSR count). The molecule has 0 aromatic carbocycles. The highest BCUT2D eigenvalue weighted by Gasteiger charge is 2.14. The van der Waals surface area contributed by atoms with Crippen molar-refractivity contribution >= 4 is 5.91 Å². The molecular weight excluding hydrogens is 256 g/mol. The van der Waals surface area contributed by atoms with Crippen LogP contribution in [0, 0.1) is 0 Å². The van der Waals surface area contributed by atoms with Gasteiger partial charge in [-0.05, 0) is 26.2 Å². The van der Waals surface area contributed by atoms with Crippen LogP contribution in [0.5, 0.6) is 0 Å². The minimum Gasteiger partial charge on any atom is -0.385 e. The quantitative estimate of drug-likeness (QED) is 0.597. The van der Waals surface area contributed by atoms with Gasteiger partial charge in [0.05, 0.1) is 18.8 Å². The van der Waals surface area contributed by atoms with Gasteiger partial charge in [0.2, 0.25) is 5.91 Å². The fraction of sp³-hybridized carbons (Fsp3) is 0.933. The van der Waals surface area contributed by atoms with Crippen molar-refractivity contribution in [1.82, 2.24) is 10.6 Å². The van der Waals surface area contributed by atoms with Crippen LogP contribution in [-0.2, 0) is 14.3 Å². The van der Waals surface area contributed by atoms with E-state index in [1.165, 1.54) is 32.1 Å². The lowest BCUT2D eigenvalue weighted by atomic mass is 9.98. The maximum absolute atomic E-state index is 11.7. The Morgan fingerprint density at radius 2 is 1.95 bits per heavy atom. The predicted molar refractivity (Wildman–Crippen MR) is 79.8 cm³/mol. The van der Waals surface area contributed by atoms with Gasteiger partial charge in [-0.25, -0.2) is 0 Å². The van der Waals surface area contributed by atoms with Gasteiger partial charge in [0, 0.05) is 26.8 Å². The first-order valence-corrected chi connectivity index (χ1v) is 7.85. The van der Waals surface area contributed by atoms with E-state index in [0.717, 1.165) is 13.0 Å². The molecular formula is C15H30N2O3. The van der Waals surface area contributed by atoms with Crippen LogP contribution in [0.25, 0.3) is 0 Å². The lowest BCUT2D eigenvalue weighted by molar-refractivity contribution is -0.122. The van der Waals surface area contributed by atoms with Crippen LogP contribution >= 0.6 is 0 Å². The zero-order chi connectivity index (χ0) is 14.6. The summed E-state index contributed by atoms with van der Waals surface area (Å²) in [7, 11) is 1.66. The molecule has 0 aromatic rings. The molecule has 5 nitrogen and oxygen atoms in total. The maximum Gasteiger partial charge on any atom is 0.236 e. The molecule has 0 aromatic heterocycles. The van der Waals surface area contributed by atoms with Gasteiger partial charge in [0.15, 0.2) is 0 Å². The zero-order valence-corrected chi connectivity index (χ0v) is 13.0. The molecule has 1 fully saturated rings. The average molecular weight is 286 g/mol. The first-order chi connectivity index (χ1) is 9.74. The smallest absolute Gasteiger partial charge is 0.236 e. The van der Waals surface area contributed by atoms with Crippen molar-refractivity contribution in [1.29, 1.82) is 0 Å². The number of methoxy groups -OCH3 is 1. The van der Waals surface area contributed by atoms with Crippen molar-refractivity contribution in [2.45, 2.75) is 57.6 Å². The third kappa shape index (κ3) is 7.82. The fourth-order valence-electron chi connectivity index (χ4n) is 2.41. The average Bonchev–Trinajstić information content (AvgIpc) is 2.48. The van der Waals surface area contributed by atoms with E-state index in [4.69, 9.17) is 9.47 Å². The number of amides is 1. The van der Waals surface area contributed by atoms with Crippen LogP contribution in [0.15, 0.2) is 0 Å². The van der Waals surface area contributed by atoms with Gasteiger partial charge in [-0.2, -0.15) is 0 Å². The van der Waals surface area contributed by atoms with Crippen LogP contribution in [0.3, 0.4) is 0 Å². The molecule has 0 aliphatic heterocycles. The second-order valence-corrected chi connectivity index (χ2v) is 5.44. The molecule has 5 heteroatoms. The number of carbonyl (C=O) groups is 1. The molecule has 1 amide bonds. The number of nitrogens with one attached hydrogen (secondary N) is 2. The van der Waals surface area contributed by atoms with Gasteiger partial charge in [0.1, 0.15) is 0 Å². The number of ether oxygens (including phenoxy) is 2. The van der Waals surface area contributed by atoms with Crippen LogP contribution in [0.1, 0.15) is 45.4 Å². The molecule has 0 heterocycles. The summed E-state index contributed by atoms with van der Waals surface area (Å²) in [6.45, 7) is 4.63. The predicted octanol–water partition coefficient (Wildman–Crippen LogP) is 1.47. The Bertz CT molecular complexity index is 256. The molecule has 2 N–H and O–H groups in total. The SMILES string of the molecule is COCCCNC(=O)C(C)NCCOC1CCCCC1. The molecule has 0 bridgehead atoms. The Labute approximate surface area is 122 Å². The highest BCUT2D eigenvalue weighted by Crippen LogP contribution is 2.19. The summed E-state index contributed by atoms with van der Waals surface area (Å²) in [5.41, 5.74) is 0. The summed E-state index contributed by atoms with van der Waals surface area (Å²) in [4.78, 5) is 11.7. The zero-order valence-electron chi connectivity index (χ0n) is 13.0. The Kier molecular flexibility index (Phi) is 9.62. The molecule has 1 aliphatic carbocycles. The summed E-state index contributed by atoms with van der Waals surface area (Å²) in [6.07, 6.45) is 7.59. The van der Waals surface area contributed by atoms with Gasteiger partial charge < -0.3 is 20.1 Å². The number of carbonyl (C=O) groups excluding carboxylic acids is 1. The maximum atomic E-state index is 11.7. The molecule has 1 atom stereocenters. The lowest BCUT2D eigenvalue weighted by Crippen LogP contribution is -2.43. The lowest BCUT2D eigenvalue weighted by Gasteiger charge is -2.22. The largest absolute Gasteiger partial charge is 0.385 e. The minimum atomic E-state index is -0.174. The van der Waals surface area contributed by atoms with E-state index in [1.54, 1.807) is 7.11 Å². The van der Waals surface area contributed by atoms with Crippen molar-refractivity contribution in [3.05, 3.63) is 0 Å². The molecule has 0 saturated heterocycles. The van der Waals surface area contributed by atoms with Crippen molar-refractivity contribution in [2.75, 3.05) is 33.4 Å². The second kappa shape index (κ2) is 11.1. The van der Waals surface area contributed by atoms with E-state index in [-0.39, 0.29) is 11.9 Å². The number of hydrogen-bond donors (Lipinski definition) is 2. The Morgan fingerprint density at radius 1 is 1.20 bits per heavy atom.